The summed E-state index contributed by atoms with van der Waals surface area (Å²) >= 11 is 0. The Morgan fingerprint density at radius 3 is 1.38 bits per heavy atom. The Morgan fingerprint density at radius 2 is 0.782 bits per heavy atom. The maximum Gasteiger partial charge on any atom is 0.101 e. The molecule has 0 atom stereocenters. The van der Waals surface area contributed by atoms with Crippen molar-refractivity contribution in [3.63, 3.8) is 0 Å². The maximum absolute atomic E-state index is 10.6. The highest BCUT2D eigenvalue weighted by Crippen LogP contribution is 2.39. The van der Waals surface area contributed by atoms with Gasteiger partial charge in [0.1, 0.15) is 6.07 Å². The molecule has 3 heterocycles. The smallest absolute Gasteiger partial charge is 0.101 e. The van der Waals surface area contributed by atoms with E-state index in [-0.39, 0.29) is 0 Å². The van der Waals surface area contributed by atoms with E-state index in [0.717, 1.165) is 71.8 Å². The van der Waals surface area contributed by atoms with Crippen LogP contribution in [0.3, 0.4) is 0 Å². The van der Waals surface area contributed by atoms with Crippen LogP contribution in [-0.2, 0) is 0 Å². The first-order valence-corrected chi connectivity index (χ1v) is 18.3. The van der Waals surface area contributed by atoms with Gasteiger partial charge in [0.2, 0.25) is 0 Å². The number of nitriles is 2. The van der Waals surface area contributed by atoms with Gasteiger partial charge in [-0.2, -0.15) is 10.5 Å². The molecule has 3 aromatic heterocycles. The lowest BCUT2D eigenvalue weighted by Crippen LogP contribution is -1.99. The summed E-state index contributed by atoms with van der Waals surface area (Å²) in [5.41, 5.74) is 12.8. The second-order valence-corrected chi connectivity index (χ2v) is 14.0. The van der Waals surface area contributed by atoms with Gasteiger partial charge in [0, 0.05) is 43.7 Å². The largest absolute Gasteiger partial charge is 0.309 e. The molecular weight excluding hydrogens is 671 g/mol. The van der Waals surface area contributed by atoms with Crippen LogP contribution in [0.15, 0.2) is 176 Å². The van der Waals surface area contributed by atoms with Gasteiger partial charge in [-0.15, -0.1) is 0 Å². The fourth-order valence-electron chi connectivity index (χ4n) is 8.68. The standard InChI is InChI=1S/C50H29N5/c51-30-32-17-24-49-42(27-32)40-11-3-7-15-47(40)53(49)36-21-18-33(19-22-36)34-20-25-44(35(28-34)31-52)55-48-16-8-4-12-41(48)43-29-37(23-26-50(43)55)54-45-13-5-1-9-38(45)39-10-2-6-14-46(39)54/h1-29H. The quantitative estimate of drug-likeness (QED) is 0.184. The van der Waals surface area contributed by atoms with Crippen LogP contribution in [-0.4, -0.2) is 13.7 Å². The van der Waals surface area contributed by atoms with E-state index >= 15 is 0 Å². The minimum absolute atomic E-state index is 0.603. The second-order valence-electron chi connectivity index (χ2n) is 14.0. The first-order chi connectivity index (χ1) is 27.2. The van der Waals surface area contributed by atoms with E-state index in [1.165, 1.54) is 21.8 Å². The Morgan fingerprint density at radius 1 is 0.327 bits per heavy atom. The van der Waals surface area contributed by atoms with Gasteiger partial charge in [-0.05, 0) is 96.1 Å². The molecule has 0 saturated carbocycles. The fraction of sp³-hybridized carbons (Fsp3) is 0. The van der Waals surface area contributed by atoms with E-state index in [4.69, 9.17) is 0 Å². The van der Waals surface area contributed by atoms with Crippen molar-refractivity contribution in [3.8, 4) is 40.3 Å². The summed E-state index contributed by atoms with van der Waals surface area (Å²) in [6.07, 6.45) is 0. The molecule has 8 aromatic carbocycles. The molecule has 11 rings (SSSR count). The highest BCUT2D eigenvalue weighted by molar-refractivity contribution is 6.13. The Bertz CT molecular complexity index is 3400. The van der Waals surface area contributed by atoms with Crippen LogP contribution >= 0.6 is 0 Å². The highest BCUT2D eigenvalue weighted by atomic mass is 15.0. The molecule has 0 fully saturated rings. The molecule has 5 heteroatoms. The minimum Gasteiger partial charge on any atom is -0.309 e. The van der Waals surface area contributed by atoms with E-state index in [0.29, 0.717) is 11.1 Å². The van der Waals surface area contributed by atoms with Crippen LogP contribution < -0.4 is 0 Å². The predicted molar refractivity (Wildman–Crippen MR) is 224 cm³/mol. The van der Waals surface area contributed by atoms with Gasteiger partial charge in [-0.25, -0.2) is 0 Å². The normalized spacial score (nSPS) is 11.6. The van der Waals surface area contributed by atoms with E-state index in [1.54, 1.807) is 0 Å². The molecule has 0 radical (unpaired) electrons. The summed E-state index contributed by atoms with van der Waals surface area (Å²) < 4.78 is 6.82. The molecule has 0 aliphatic rings. The molecule has 0 amide bonds. The Hall–Kier alpha value is -7.86. The zero-order valence-corrected chi connectivity index (χ0v) is 29.5. The van der Waals surface area contributed by atoms with E-state index < -0.39 is 0 Å². The lowest BCUT2D eigenvalue weighted by Gasteiger charge is -2.13. The molecule has 0 aliphatic carbocycles. The van der Waals surface area contributed by atoms with Crippen LogP contribution in [0, 0.1) is 22.7 Å². The Labute approximate surface area is 316 Å². The molecule has 0 N–H and O–H groups in total. The molecule has 0 saturated heterocycles. The van der Waals surface area contributed by atoms with E-state index in [2.05, 4.69) is 165 Å². The average Bonchev–Trinajstić information content (AvgIpc) is 3.89. The third-order valence-corrected chi connectivity index (χ3v) is 11.1. The highest BCUT2D eigenvalue weighted by Gasteiger charge is 2.19. The van der Waals surface area contributed by atoms with Crippen molar-refractivity contribution in [1.82, 2.24) is 13.7 Å². The second kappa shape index (κ2) is 11.8. The molecule has 11 aromatic rings. The van der Waals surface area contributed by atoms with Crippen molar-refractivity contribution >= 4 is 65.4 Å². The SMILES string of the molecule is N#Cc1ccc2c(c1)c1ccccc1n2-c1ccc(-c2ccc(-n3c4ccccc4c4cc(-n5c6ccccc6c6ccccc65)ccc43)c(C#N)c2)cc1. The Balaban J connectivity index is 1.02. The molecule has 0 bridgehead atoms. The van der Waals surface area contributed by atoms with Gasteiger partial charge in [0.05, 0.1) is 56.0 Å². The maximum atomic E-state index is 10.6. The number of nitrogens with zero attached hydrogens (tertiary/aromatic N) is 5. The summed E-state index contributed by atoms with van der Waals surface area (Å²) in [7, 11) is 0. The number of hydrogen-bond acceptors (Lipinski definition) is 2. The van der Waals surface area contributed by atoms with Crippen LogP contribution in [0.5, 0.6) is 0 Å². The van der Waals surface area contributed by atoms with Crippen LogP contribution in [0.1, 0.15) is 11.1 Å². The van der Waals surface area contributed by atoms with Crippen molar-refractivity contribution in [2.45, 2.75) is 0 Å². The first-order valence-electron chi connectivity index (χ1n) is 18.3. The van der Waals surface area contributed by atoms with Crippen LogP contribution in [0.4, 0.5) is 0 Å². The number of hydrogen-bond donors (Lipinski definition) is 0. The summed E-state index contributed by atoms with van der Waals surface area (Å²) in [5, 5.41) is 27.1. The molecule has 0 aliphatic heterocycles. The van der Waals surface area contributed by atoms with Crippen molar-refractivity contribution in [2.24, 2.45) is 0 Å². The number of benzene rings is 8. The monoisotopic (exact) mass is 699 g/mol. The van der Waals surface area contributed by atoms with Gasteiger partial charge < -0.3 is 13.7 Å². The third kappa shape index (κ3) is 4.51. The number of para-hydroxylation sites is 4. The average molecular weight is 700 g/mol. The van der Waals surface area contributed by atoms with Gasteiger partial charge in [-0.3, -0.25) is 0 Å². The molecule has 0 spiro atoms. The van der Waals surface area contributed by atoms with Gasteiger partial charge in [-0.1, -0.05) is 91.0 Å². The Kier molecular flexibility index (Phi) is 6.61. The summed E-state index contributed by atoms with van der Waals surface area (Å²) in [6.45, 7) is 0. The zero-order valence-electron chi connectivity index (χ0n) is 29.5. The summed E-state index contributed by atoms with van der Waals surface area (Å²) in [5.74, 6) is 0. The third-order valence-electron chi connectivity index (χ3n) is 11.1. The molecule has 254 valence electrons. The minimum atomic E-state index is 0.603. The lowest BCUT2D eigenvalue weighted by atomic mass is 10.0. The van der Waals surface area contributed by atoms with Gasteiger partial charge >= 0.3 is 0 Å². The van der Waals surface area contributed by atoms with Crippen LogP contribution in [0.2, 0.25) is 0 Å². The number of fused-ring (bicyclic) bond motifs is 9. The van der Waals surface area contributed by atoms with E-state index in [1.807, 2.05) is 36.4 Å². The molecule has 55 heavy (non-hydrogen) atoms. The van der Waals surface area contributed by atoms with Crippen molar-refractivity contribution in [2.75, 3.05) is 0 Å². The topological polar surface area (TPSA) is 62.4 Å². The summed E-state index contributed by atoms with van der Waals surface area (Å²) in [6, 6.07) is 66.0. The first kappa shape index (κ1) is 30.7. The van der Waals surface area contributed by atoms with E-state index in [9.17, 15) is 10.5 Å². The number of rotatable bonds is 4. The summed E-state index contributed by atoms with van der Waals surface area (Å²) in [4.78, 5) is 0. The van der Waals surface area contributed by atoms with Crippen molar-refractivity contribution in [1.29, 1.82) is 10.5 Å². The zero-order chi connectivity index (χ0) is 36.6. The van der Waals surface area contributed by atoms with Crippen molar-refractivity contribution < 1.29 is 0 Å². The fourth-order valence-corrected chi connectivity index (χ4v) is 8.68. The predicted octanol–water partition coefficient (Wildman–Crippen LogP) is 12.4. The lowest BCUT2D eigenvalue weighted by molar-refractivity contribution is 1.16. The van der Waals surface area contributed by atoms with Crippen LogP contribution in [0.25, 0.3) is 93.6 Å². The van der Waals surface area contributed by atoms with Gasteiger partial charge in [0.25, 0.3) is 0 Å². The molecule has 5 nitrogen and oxygen atoms in total. The van der Waals surface area contributed by atoms with Crippen molar-refractivity contribution in [3.05, 3.63) is 187 Å². The molecule has 0 unspecified atom stereocenters. The van der Waals surface area contributed by atoms with Gasteiger partial charge in [0.15, 0.2) is 0 Å². The number of aromatic nitrogens is 3. The molecular formula is C50H29N5.